The van der Waals surface area contributed by atoms with Gasteiger partial charge in [-0.15, -0.1) is 11.4 Å². The van der Waals surface area contributed by atoms with E-state index in [0.717, 1.165) is 17.0 Å². The first-order chi connectivity index (χ1) is 5.74. The standard InChI is InChI=1S/C9H16NPS/c1-4-9(10-3)6-5-8(2)7-12-11/h4-6,10H,2,7,11H2,1,3H3/b6-5-,9-4+. The average Bonchev–Trinajstić information content (AvgIpc) is 2.07. The highest BCUT2D eigenvalue weighted by molar-refractivity contribution is 8.43. The van der Waals surface area contributed by atoms with Crippen LogP contribution in [0.15, 0.2) is 36.1 Å². The fraction of sp³-hybridized carbons (Fsp3) is 0.333. The summed E-state index contributed by atoms with van der Waals surface area (Å²) in [5.41, 5.74) is 2.24. The summed E-state index contributed by atoms with van der Waals surface area (Å²) in [5.74, 6) is 0.960. The normalized spacial score (nSPS) is 12.1. The first-order valence-corrected chi connectivity index (χ1v) is 6.22. The molecule has 0 aromatic rings. The van der Waals surface area contributed by atoms with Gasteiger partial charge in [-0.05, 0) is 18.6 Å². The molecule has 0 bridgehead atoms. The molecule has 0 rings (SSSR count). The molecule has 12 heavy (non-hydrogen) atoms. The summed E-state index contributed by atoms with van der Waals surface area (Å²) in [6.45, 7) is 5.91. The second-order valence-corrected chi connectivity index (χ2v) is 3.92. The van der Waals surface area contributed by atoms with E-state index in [1.807, 2.05) is 32.2 Å². The second kappa shape index (κ2) is 7.45. The SMILES string of the molecule is C=C(/C=C\C(=C/C)NC)CSP. The van der Waals surface area contributed by atoms with Crippen molar-refractivity contribution in [3.05, 3.63) is 36.1 Å². The maximum absolute atomic E-state index is 3.91. The maximum atomic E-state index is 3.91. The third-order valence-electron chi connectivity index (χ3n) is 1.37. The molecule has 0 aromatic carbocycles. The van der Waals surface area contributed by atoms with Gasteiger partial charge in [-0.3, -0.25) is 0 Å². The Morgan fingerprint density at radius 1 is 1.58 bits per heavy atom. The van der Waals surface area contributed by atoms with Gasteiger partial charge < -0.3 is 5.32 Å². The summed E-state index contributed by atoms with van der Waals surface area (Å²) in [7, 11) is 4.52. The molecule has 68 valence electrons. The molecular weight excluding hydrogens is 185 g/mol. The number of likely N-dealkylation sites (N-methyl/N-ethyl adjacent to an activating group) is 1. The zero-order valence-corrected chi connectivity index (χ0v) is 9.60. The van der Waals surface area contributed by atoms with Gasteiger partial charge in [0.15, 0.2) is 0 Å². The smallest absolute Gasteiger partial charge is 0.0294 e. The molecule has 0 saturated carbocycles. The zero-order chi connectivity index (χ0) is 9.40. The third-order valence-corrected chi connectivity index (χ3v) is 2.40. The molecule has 0 fully saturated rings. The largest absolute Gasteiger partial charge is 0.388 e. The Morgan fingerprint density at radius 2 is 2.25 bits per heavy atom. The first kappa shape index (κ1) is 11.8. The van der Waals surface area contributed by atoms with E-state index in [1.165, 1.54) is 0 Å². The van der Waals surface area contributed by atoms with Crippen LogP contribution >= 0.6 is 19.8 Å². The van der Waals surface area contributed by atoms with Crippen molar-refractivity contribution in [2.45, 2.75) is 6.92 Å². The fourth-order valence-electron chi connectivity index (χ4n) is 0.687. The predicted molar refractivity (Wildman–Crippen MR) is 63.3 cm³/mol. The molecule has 1 unspecified atom stereocenters. The molecule has 3 heteroatoms. The van der Waals surface area contributed by atoms with E-state index >= 15 is 0 Å². The predicted octanol–water partition coefficient (Wildman–Crippen LogP) is 2.75. The Morgan fingerprint density at radius 3 is 2.67 bits per heavy atom. The number of hydrogen-bond acceptors (Lipinski definition) is 2. The van der Waals surface area contributed by atoms with E-state index < -0.39 is 0 Å². The topological polar surface area (TPSA) is 12.0 Å². The van der Waals surface area contributed by atoms with Crippen molar-refractivity contribution in [1.29, 1.82) is 0 Å². The molecule has 0 radical (unpaired) electrons. The van der Waals surface area contributed by atoms with E-state index in [0.29, 0.717) is 0 Å². The van der Waals surface area contributed by atoms with Crippen molar-refractivity contribution in [2.24, 2.45) is 0 Å². The molecule has 0 aliphatic heterocycles. The van der Waals surface area contributed by atoms with Crippen LogP contribution < -0.4 is 5.32 Å². The van der Waals surface area contributed by atoms with Crippen molar-refractivity contribution in [2.75, 3.05) is 12.8 Å². The molecule has 0 aromatic heterocycles. The van der Waals surface area contributed by atoms with Crippen LogP contribution in [-0.2, 0) is 0 Å². The van der Waals surface area contributed by atoms with Gasteiger partial charge in [0.05, 0.1) is 0 Å². The Bertz CT molecular complexity index is 197. The minimum atomic E-state index is 0.960. The van der Waals surface area contributed by atoms with Gasteiger partial charge in [-0.2, -0.15) is 0 Å². The fourth-order valence-corrected chi connectivity index (χ4v) is 1.64. The average molecular weight is 201 g/mol. The van der Waals surface area contributed by atoms with Gasteiger partial charge in [0.2, 0.25) is 0 Å². The molecule has 0 heterocycles. The molecule has 0 spiro atoms. The van der Waals surface area contributed by atoms with Crippen LogP contribution in [0, 0.1) is 0 Å². The lowest BCUT2D eigenvalue weighted by molar-refractivity contribution is 1.03. The minimum absolute atomic E-state index is 0.960. The van der Waals surface area contributed by atoms with Crippen LogP contribution in [0.2, 0.25) is 0 Å². The number of hydrogen-bond donors (Lipinski definition) is 1. The molecule has 0 saturated heterocycles. The van der Waals surface area contributed by atoms with Crippen LogP contribution in [0.4, 0.5) is 0 Å². The van der Waals surface area contributed by atoms with Gasteiger partial charge in [0.1, 0.15) is 0 Å². The lowest BCUT2D eigenvalue weighted by Gasteiger charge is -1.99. The highest BCUT2D eigenvalue weighted by Gasteiger charge is 1.87. The van der Waals surface area contributed by atoms with E-state index in [9.17, 15) is 0 Å². The molecular formula is C9H16NPS. The monoisotopic (exact) mass is 201 g/mol. The van der Waals surface area contributed by atoms with Crippen molar-refractivity contribution in [3.8, 4) is 0 Å². The highest BCUT2D eigenvalue weighted by atomic mass is 32.7. The van der Waals surface area contributed by atoms with E-state index in [-0.39, 0.29) is 0 Å². The van der Waals surface area contributed by atoms with E-state index in [1.54, 1.807) is 11.4 Å². The molecule has 1 atom stereocenters. The summed E-state index contributed by atoms with van der Waals surface area (Å²) < 4.78 is 0. The van der Waals surface area contributed by atoms with E-state index in [4.69, 9.17) is 0 Å². The summed E-state index contributed by atoms with van der Waals surface area (Å²) in [5, 5.41) is 3.07. The third kappa shape index (κ3) is 5.45. The lowest BCUT2D eigenvalue weighted by atomic mass is 10.3. The first-order valence-electron chi connectivity index (χ1n) is 3.76. The maximum Gasteiger partial charge on any atom is 0.0294 e. The van der Waals surface area contributed by atoms with Crippen molar-refractivity contribution in [3.63, 3.8) is 0 Å². The van der Waals surface area contributed by atoms with E-state index in [2.05, 4.69) is 20.3 Å². The summed E-state index contributed by atoms with van der Waals surface area (Å²) in [6.07, 6.45) is 6.09. The van der Waals surface area contributed by atoms with Crippen LogP contribution in [0.25, 0.3) is 0 Å². The second-order valence-electron chi connectivity index (χ2n) is 2.30. The minimum Gasteiger partial charge on any atom is -0.388 e. The Kier molecular flexibility index (Phi) is 7.33. The van der Waals surface area contributed by atoms with Crippen molar-refractivity contribution < 1.29 is 0 Å². The Balaban J connectivity index is 3.96. The van der Waals surface area contributed by atoms with Gasteiger partial charge in [0.25, 0.3) is 0 Å². The molecule has 0 aliphatic carbocycles. The van der Waals surface area contributed by atoms with Crippen molar-refractivity contribution in [1.82, 2.24) is 5.32 Å². The summed E-state index contributed by atoms with van der Waals surface area (Å²) in [6, 6.07) is 0. The van der Waals surface area contributed by atoms with Crippen LogP contribution in [-0.4, -0.2) is 12.8 Å². The zero-order valence-electron chi connectivity index (χ0n) is 7.63. The van der Waals surface area contributed by atoms with Gasteiger partial charge in [-0.1, -0.05) is 27.2 Å². The number of rotatable bonds is 5. The molecule has 1 nitrogen and oxygen atoms in total. The quantitative estimate of drug-likeness (QED) is 0.542. The van der Waals surface area contributed by atoms with Gasteiger partial charge in [-0.25, -0.2) is 0 Å². The van der Waals surface area contributed by atoms with Crippen LogP contribution in [0.5, 0.6) is 0 Å². The van der Waals surface area contributed by atoms with Gasteiger partial charge >= 0.3 is 0 Å². The lowest BCUT2D eigenvalue weighted by Crippen LogP contribution is -2.02. The van der Waals surface area contributed by atoms with Crippen LogP contribution in [0.1, 0.15) is 6.92 Å². The van der Waals surface area contributed by atoms with Crippen molar-refractivity contribution >= 4 is 19.8 Å². The summed E-state index contributed by atoms with van der Waals surface area (Å²) >= 11 is 1.70. The summed E-state index contributed by atoms with van der Waals surface area (Å²) in [4.78, 5) is 0. The Labute approximate surface area is 81.3 Å². The van der Waals surface area contributed by atoms with Crippen LogP contribution in [0.3, 0.4) is 0 Å². The number of nitrogens with one attached hydrogen (secondary N) is 1. The number of allylic oxidation sites excluding steroid dienone is 3. The van der Waals surface area contributed by atoms with Gasteiger partial charge in [0, 0.05) is 18.5 Å². The molecule has 1 N–H and O–H groups in total. The Hall–Kier alpha value is -0.200. The molecule has 0 aliphatic rings. The highest BCUT2D eigenvalue weighted by Crippen LogP contribution is 2.14. The molecule has 0 amide bonds.